The quantitative estimate of drug-likeness (QED) is 0.489. The summed E-state index contributed by atoms with van der Waals surface area (Å²) in [6, 6.07) is 3.83. The van der Waals surface area contributed by atoms with E-state index in [-0.39, 0.29) is 57.2 Å². The van der Waals surface area contributed by atoms with Gasteiger partial charge in [0.15, 0.2) is 5.84 Å². The van der Waals surface area contributed by atoms with Crippen LogP contribution in [0.15, 0.2) is 51.0 Å². The molecule has 4 unspecified atom stereocenters. The maximum absolute atomic E-state index is 13.7. The number of amidine groups is 1. The number of anilines is 2. The van der Waals surface area contributed by atoms with Crippen LogP contribution in [0.25, 0.3) is 0 Å². The lowest BCUT2D eigenvalue weighted by Crippen LogP contribution is -2.54. The monoisotopic (exact) mass is 520 g/mol. The molecule has 5 rings (SSSR count). The predicted molar refractivity (Wildman–Crippen MR) is 132 cm³/mol. The standard InChI is InChI=1S/C23H28N4O6S2/c1-12(2)8-9-27-20-14-5-4-13(10-14)18(20)21(28)19(23(27)29)22-24-16-7-6-15(25-34(3,30)31)11-17(16)35(32,33)26-22/h4-7,11-14,18,20,25,28H,8-10H2,1-3H3,(H,24,26). The van der Waals surface area contributed by atoms with Crippen molar-refractivity contribution in [3.8, 4) is 0 Å². The van der Waals surface area contributed by atoms with Gasteiger partial charge in [0.2, 0.25) is 10.0 Å². The third-order valence-corrected chi connectivity index (χ3v) is 8.96. The third kappa shape index (κ3) is 4.12. The molecule has 0 aromatic heterocycles. The van der Waals surface area contributed by atoms with Crippen LogP contribution in [0.1, 0.15) is 26.7 Å². The minimum absolute atomic E-state index is 0.0718. The van der Waals surface area contributed by atoms with Crippen molar-refractivity contribution in [2.45, 2.75) is 37.6 Å². The maximum atomic E-state index is 13.7. The Bertz CT molecular complexity index is 1410. The predicted octanol–water partition coefficient (Wildman–Crippen LogP) is 2.46. The first kappa shape index (κ1) is 23.9. The lowest BCUT2D eigenvalue weighted by atomic mass is 9.80. The SMILES string of the molecule is CC(C)CCN1C(=O)C(C2=NS(=O)(=O)c3cc(NS(C)(=O)=O)ccc3N2)=C(O)C2C3C=CC(C3)C21. The van der Waals surface area contributed by atoms with Crippen molar-refractivity contribution in [2.75, 3.05) is 22.8 Å². The molecule has 1 aromatic carbocycles. The van der Waals surface area contributed by atoms with Crippen LogP contribution in [0.4, 0.5) is 11.4 Å². The van der Waals surface area contributed by atoms with E-state index >= 15 is 0 Å². The summed E-state index contributed by atoms with van der Waals surface area (Å²) in [5.41, 5.74) is 0.0944. The van der Waals surface area contributed by atoms with Crippen LogP contribution in [-0.4, -0.2) is 57.4 Å². The zero-order valence-corrected chi connectivity index (χ0v) is 21.2. The lowest BCUT2D eigenvalue weighted by molar-refractivity contribution is -0.132. The van der Waals surface area contributed by atoms with Crippen molar-refractivity contribution in [3.05, 3.63) is 41.7 Å². The number of fused-ring (bicyclic) bond motifs is 6. The van der Waals surface area contributed by atoms with Gasteiger partial charge in [-0.3, -0.25) is 9.52 Å². The second kappa shape index (κ2) is 8.09. The Hall–Kier alpha value is -2.86. The molecular weight excluding hydrogens is 492 g/mol. The molecule has 12 heteroatoms. The van der Waals surface area contributed by atoms with Gasteiger partial charge >= 0.3 is 0 Å². The maximum Gasteiger partial charge on any atom is 0.286 e. The van der Waals surface area contributed by atoms with E-state index in [4.69, 9.17) is 0 Å². The molecule has 1 aromatic rings. The van der Waals surface area contributed by atoms with E-state index in [0.717, 1.165) is 19.1 Å². The summed E-state index contributed by atoms with van der Waals surface area (Å²) in [4.78, 5) is 15.2. The van der Waals surface area contributed by atoms with Crippen LogP contribution in [0.3, 0.4) is 0 Å². The van der Waals surface area contributed by atoms with Gasteiger partial charge < -0.3 is 15.3 Å². The molecule has 0 spiro atoms. The number of amides is 1. The molecule has 3 N–H and O–H groups in total. The van der Waals surface area contributed by atoms with Crippen LogP contribution >= 0.6 is 0 Å². The zero-order chi connectivity index (χ0) is 25.3. The number of hydrogen-bond acceptors (Lipinski definition) is 7. The highest BCUT2D eigenvalue weighted by atomic mass is 32.2. The number of allylic oxidation sites excluding steroid dienone is 1. The van der Waals surface area contributed by atoms with Crippen molar-refractivity contribution in [1.82, 2.24) is 4.90 Å². The van der Waals surface area contributed by atoms with Gasteiger partial charge in [-0.2, -0.15) is 8.42 Å². The summed E-state index contributed by atoms with van der Waals surface area (Å²) in [5.74, 6) is -0.485. The number of hydrogen-bond donors (Lipinski definition) is 3. The van der Waals surface area contributed by atoms with E-state index in [1.165, 1.54) is 18.2 Å². The van der Waals surface area contributed by atoms with Gasteiger partial charge in [0.05, 0.1) is 11.9 Å². The fraction of sp³-hybridized carbons (Fsp3) is 0.478. The number of nitrogens with zero attached hydrogens (tertiary/aromatic N) is 2. The van der Waals surface area contributed by atoms with Gasteiger partial charge in [-0.1, -0.05) is 26.0 Å². The topological polar surface area (TPSA) is 145 Å². The van der Waals surface area contributed by atoms with Gasteiger partial charge in [0.1, 0.15) is 16.2 Å². The Morgan fingerprint density at radius 2 is 1.97 bits per heavy atom. The van der Waals surface area contributed by atoms with Gasteiger partial charge in [-0.05, 0) is 48.8 Å². The molecule has 1 amide bonds. The molecular formula is C23H28N4O6S2. The smallest absolute Gasteiger partial charge is 0.286 e. The second-order valence-electron chi connectivity index (χ2n) is 10.0. The molecule has 35 heavy (non-hydrogen) atoms. The highest BCUT2D eigenvalue weighted by molar-refractivity contribution is 7.92. The Morgan fingerprint density at radius 1 is 1.26 bits per heavy atom. The lowest BCUT2D eigenvalue weighted by Gasteiger charge is -2.43. The van der Waals surface area contributed by atoms with E-state index in [9.17, 15) is 26.7 Å². The molecule has 2 heterocycles. The molecule has 10 nitrogen and oxygen atoms in total. The van der Waals surface area contributed by atoms with Crippen molar-refractivity contribution in [3.63, 3.8) is 0 Å². The number of benzene rings is 1. The number of aliphatic hydroxyl groups excluding tert-OH is 1. The second-order valence-corrected chi connectivity index (χ2v) is 13.4. The number of rotatable bonds is 6. The molecule has 1 fully saturated rings. The zero-order valence-electron chi connectivity index (χ0n) is 19.6. The first-order valence-corrected chi connectivity index (χ1v) is 14.9. The van der Waals surface area contributed by atoms with Gasteiger partial charge in [0, 0.05) is 24.2 Å². The molecule has 0 saturated heterocycles. The largest absolute Gasteiger partial charge is 0.511 e. The number of carbonyl (C=O) groups is 1. The molecule has 4 aliphatic rings. The molecule has 1 saturated carbocycles. The van der Waals surface area contributed by atoms with Crippen LogP contribution < -0.4 is 10.0 Å². The molecule has 188 valence electrons. The summed E-state index contributed by atoms with van der Waals surface area (Å²) in [6.45, 7) is 4.65. The van der Waals surface area contributed by atoms with E-state index < -0.39 is 26.0 Å². The highest BCUT2D eigenvalue weighted by Crippen LogP contribution is 2.52. The average Bonchev–Trinajstić information content (AvgIpc) is 3.35. The van der Waals surface area contributed by atoms with E-state index in [1.807, 2.05) is 0 Å². The fourth-order valence-electron chi connectivity index (χ4n) is 5.56. The van der Waals surface area contributed by atoms with Gasteiger partial charge in [-0.15, -0.1) is 4.40 Å². The Morgan fingerprint density at radius 3 is 2.66 bits per heavy atom. The van der Waals surface area contributed by atoms with Crippen LogP contribution in [-0.2, 0) is 24.8 Å². The number of aliphatic hydroxyl groups is 1. The average molecular weight is 521 g/mol. The molecule has 2 aliphatic heterocycles. The molecule has 2 aliphatic carbocycles. The fourth-order valence-corrected chi connectivity index (χ4v) is 7.26. The summed E-state index contributed by atoms with van der Waals surface area (Å²) >= 11 is 0. The Kier molecular flexibility index (Phi) is 5.51. The van der Waals surface area contributed by atoms with Crippen molar-refractivity contribution in [1.29, 1.82) is 0 Å². The normalized spacial score (nSPS) is 28.6. The Balaban J connectivity index is 1.56. The van der Waals surface area contributed by atoms with Gasteiger partial charge in [0.25, 0.3) is 15.9 Å². The minimum Gasteiger partial charge on any atom is -0.511 e. The summed E-state index contributed by atoms with van der Waals surface area (Å²) in [5, 5.41) is 14.2. The summed E-state index contributed by atoms with van der Waals surface area (Å²) in [7, 11) is -7.89. The molecule has 2 bridgehead atoms. The van der Waals surface area contributed by atoms with Crippen molar-refractivity contribution in [2.24, 2.45) is 28.1 Å². The number of sulfonamides is 2. The van der Waals surface area contributed by atoms with E-state index in [0.29, 0.717) is 12.5 Å². The summed E-state index contributed by atoms with van der Waals surface area (Å²) in [6.07, 6.45) is 6.76. The van der Waals surface area contributed by atoms with Crippen LogP contribution in [0, 0.1) is 23.7 Å². The first-order chi connectivity index (χ1) is 16.4. The minimum atomic E-state index is -4.28. The van der Waals surface area contributed by atoms with Crippen molar-refractivity contribution < 1.29 is 26.7 Å². The van der Waals surface area contributed by atoms with E-state index in [2.05, 4.69) is 40.4 Å². The van der Waals surface area contributed by atoms with Crippen LogP contribution in [0.2, 0.25) is 0 Å². The number of nitrogens with one attached hydrogen (secondary N) is 2. The Labute approximate surface area is 204 Å². The molecule has 0 radical (unpaired) electrons. The van der Waals surface area contributed by atoms with E-state index in [1.54, 1.807) is 4.90 Å². The number of carbonyl (C=O) groups excluding carboxylic acids is 1. The van der Waals surface area contributed by atoms with Crippen molar-refractivity contribution >= 4 is 43.2 Å². The van der Waals surface area contributed by atoms with Crippen LogP contribution in [0.5, 0.6) is 0 Å². The summed E-state index contributed by atoms with van der Waals surface area (Å²) < 4.78 is 55.3. The molecule has 4 atom stereocenters. The van der Waals surface area contributed by atoms with Gasteiger partial charge in [-0.25, -0.2) is 8.42 Å². The highest BCUT2D eigenvalue weighted by Gasteiger charge is 2.55. The first-order valence-electron chi connectivity index (χ1n) is 11.5. The third-order valence-electron chi connectivity index (χ3n) is 7.04.